The van der Waals surface area contributed by atoms with Gasteiger partial charge in [0.2, 0.25) is 10.0 Å². The Morgan fingerprint density at radius 1 is 1.04 bits per heavy atom. The van der Waals surface area contributed by atoms with Crippen molar-refractivity contribution in [3.63, 3.8) is 0 Å². The van der Waals surface area contributed by atoms with E-state index in [2.05, 4.69) is 15.6 Å². The number of hydrogen-bond donors (Lipinski definition) is 0. The summed E-state index contributed by atoms with van der Waals surface area (Å²) in [7, 11) is -3.38. The lowest BCUT2D eigenvalue weighted by molar-refractivity contribution is 0.255. The predicted octanol–water partition coefficient (Wildman–Crippen LogP) is 4.06. The molecular weight excluding hydrogens is 370 g/mol. The zero-order valence-electron chi connectivity index (χ0n) is 16.0. The van der Waals surface area contributed by atoms with Crippen molar-refractivity contribution in [2.75, 3.05) is 13.1 Å². The van der Waals surface area contributed by atoms with Crippen LogP contribution in [0.4, 0.5) is 0 Å². The van der Waals surface area contributed by atoms with Gasteiger partial charge in [-0.05, 0) is 49.5 Å². The first-order valence-electron chi connectivity index (χ1n) is 9.68. The van der Waals surface area contributed by atoms with Gasteiger partial charge in [-0.25, -0.2) is 13.4 Å². The van der Waals surface area contributed by atoms with Gasteiger partial charge in [0.1, 0.15) is 5.82 Å². The van der Waals surface area contributed by atoms with Crippen molar-refractivity contribution in [1.82, 2.24) is 13.9 Å². The summed E-state index contributed by atoms with van der Waals surface area (Å²) >= 11 is 0. The van der Waals surface area contributed by atoms with E-state index in [0.29, 0.717) is 19.0 Å². The first-order valence-corrected chi connectivity index (χ1v) is 11.2. The first kappa shape index (κ1) is 18.9. The highest BCUT2D eigenvalue weighted by Crippen LogP contribution is 2.25. The molecule has 1 aliphatic rings. The SMILES string of the molecule is Cc1nc2ccccc2n1CC1CCN(S(=O)(=O)/C=C/c2ccccc2)CC1. The number of para-hydroxylation sites is 2. The molecule has 1 fully saturated rings. The van der Waals surface area contributed by atoms with Crippen LogP contribution in [0.25, 0.3) is 17.1 Å². The van der Waals surface area contributed by atoms with E-state index in [-0.39, 0.29) is 0 Å². The van der Waals surface area contributed by atoms with Gasteiger partial charge in [0.05, 0.1) is 11.0 Å². The van der Waals surface area contributed by atoms with Crippen LogP contribution in [0.15, 0.2) is 60.0 Å². The molecule has 0 unspecified atom stereocenters. The second-order valence-electron chi connectivity index (χ2n) is 7.36. The molecule has 5 nitrogen and oxygen atoms in total. The molecule has 146 valence electrons. The zero-order valence-corrected chi connectivity index (χ0v) is 16.8. The summed E-state index contributed by atoms with van der Waals surface area (Å²) in [6.07, 6.45) is 3.40. The molecule has 0 atom stereocenters. The van der Waals surface area contributed by atoms with E-state index < -0.39 is 10.0 Å². The third kappa shape index (κ3) is 4.03. The number of nitrogens with zero attached hydrogens (tertiary/aromatic N) is 3. The zero-order chi connectivity index (χ0) is 19.6. The largest absolute Gasteiger partial charge is 0.328 e. The molecule has 1 aromatic heterocycles. The second-order valence-corrected chi connectivity index (χ2v) is 9.18. The van der Waals surface area contributed by atoms with Gasteiger partial charge in [-0.3, -0.25) is 0 Å². The first-order chi connectivity index (χ1) is 13.5. The van der Waals surface area contributed by atoms with Gasteiger partial charge in [0.15, 0.2) is 0 Å². The molecule has 0 bridgehead atoms. The third-order valence-electron chi connectivity index (χ3n) is 5.45. The van der Waals surface area contributed by atoms with Crippen LogP contribution in [0.2, 0.25) is 0 Å². The fraction of sp³-hybridized carbons (Fsp3) is 0.318. The Morgan fingerprint density at radius 3 is 2.46 bits per heavy atom. The molecule has 28 heavy (non-hydrogen) atoms. The maximum Gasteiger partial charge on any atom is 0.236 e. The maximum absolute atomic E-state index is 12.6. The molecule has 0 radical (unpaired) electrons. The van der Waals surface area contributed by atoms with Gasteiger partial charge in [-0.2, -0.15) is 4.31 Å². The quantitative estimate of drug-likeness (QED) is 0.655. The minimum Gasteiger partial charge on any atom is -0.328 e. The number of imidazole rings is 1. The molecule has 3 aromatic rings. The van der Waals surface area contributed by atoms with E-state index >= 15 is 0 Å². The lowest BCUT2D eigenvalue weighted by Crippen LogP contribution is -2.38. The molecule has 0 spiro atoms. The summed E-state index contributed by atoms with van der Waals surface area (Å²) in [5.41, 5.74) is 3.07. The fourth-order valence-electron chi connectivity index (χ4n) is 3.85. The molecule has 0 N–H and O–H groups in total. The predicted molar refractivity (Wildman–Crippen MR) is 113 cm³/mol. The van der Waals surface area contributed by atoms with Crippen molar-refractivity contribution in [2.24, 2.45) is 5.92 Å². The highest BCUT2D eigenvalue weighted by molar-refractivity contribution is 7.92. The molecule has 1 aliphatic heterocycles. The van der Waals surface area contributed by atoms with Crippen molar-refractivity contribution < 1.29 is 8.42 Å². The van der Waals surface area contributed by atoms with Gasteiger partial charge in [-0.1, -0.05) is 42.5 Å². The standard InChI is InChI=1S/C22H25N3O2S/c1-18-23-21-9-5-6-10-22(21)25(18)17-20-11-14-24(15-12-20)28(26,27)16-13-19-7-3-2-4-8-19/h2-10,13,16,20H,11-12,14-15,17H2,1H3/b16-13+. The van der Waals surface area contributed by atoms with Gasteiger partial charge in [0.25, 0.3) is 0 Å². The molecule has 2 aromatic carbocycles. The van der Waals surface area contributed by atoms with Crippen molar-refractivity contribution >= 4 is 27.1 Å². The highest BCUT2D eigenvalue weighted by Gasteiger charge is 2.27. The minimum absolute atomic E-state index is 0.459. The lowest BCUT2D eigenvalue weighted by atomic mass is 9.98. The summed E-state index contributed by atoms with van der Waals surface area (Å²) in [6.45, 7) is 4.06. The van der Waals surface area contributed by atoms with Crippen molar-refractivity contribution in [3.05, 3.63) is 71.4 Å². The summed E-state index contributed by atoms with van der Waals surface area (Å²) in [5.74, 6) is 1.47. The van der Waals surface area contributed by atoms with E-state index in [1.807, 2.05) is 55.5 Å². The average Bonchev–Trinajstić information content (AvgIpc) is 3.03. The Balaban J connectivity index is 1.40. The second kappa shape index (κ2) is 7.89. The topological polar surface area (TPSA) is 55.2 Å². The number of piperidine rings is 1. The molecule has 0 amide bonds. The monoisotopic (exact) mass is 395 g/mol. The number of hydrogen-bond acceptors (Lipinski definition) is 3. The Hall–Kier alpha value is -2.44. The molecule has 6 heteroatoms. The Morgan fingerprint density at radius 2 is 1.71 bits per heavy atom. The van der Waals surface area contributed by atoms with Crippen LogP contribution in [0, 0.1) is 12.8 Å². The number of aromatic nitrogens is 2. The average molecular weight is 396 g/mol. The van der Waals surface area contributed by atoms with Crippen LogP contribution in [0.3, 0.4) is 0 Å². The number of benzene rings is 2. The van der Waals surface area contributed by atoms with E-state index in [1.54, 1.807) is 10.4 Å². The van der Waals surface area contributed by atoms with Gasteiger partial charge >= 0.3 is 0 Å². The Bertz CT molecular complexity index is 1080. The summed E-state index contributed by atoms with van der Waals surface area (Å²) in [4.78, 5) is 4.63. The van der Waals surface area contributed by atoms with Gasteiger partial charge in [0, 0.05) is 25.0 Å². The summed E-state index contributed by atoms with van der Waals surface area (Å²) in [6, 6.07) is 17.7. The van der Waals surface area contributed by atoms with Crippen LogP contribution < -0.4 is 0 Å². The molecular formula is C22H25N3O2S. The molecule has 2 heterocycles. The maximum atomic E-state index is 12.6. The summed E-state index contributed by atoms with van der Waals surface area (Å²) < 4.78 is 29.1. The van der Waals surface area contributed by atoms with Crippen LogP contribution in [0.5, 0.6) is 0 Å². The van der Waals surface area contributed by atoms with Crippen molar-refractivity contribution in [2.45, 2.75) is 26.3 Å². The van der Waals surface area contributed by atoms with Crippen molar-refractivity contribution in [1.29, 1.82) is 0 Å². The Labute approximate surface area is 166 Å². The molecule has 0 saturated carbocycles. The van der Waals surface area contributed by atoms with Crippen LogP contribution in [-0.4, -0.2) is 35.4 Å². The number of fused-ring (bicyclic) bond motifs is 1. The number of rotatable bonds is 5. The van der Waals surface area contributed by atoms with Crippen LogP contribution >= 0.6 is 0 Å². The molecule has 4 rings (SSSR count). The smallest absolute Gasteiger partial charge is 0.236 e. The van der Waals surface area contributed by atoms with Crippen LogP contribution in [-0.2, 0) is 16.6 Å². The van der Waals surface area contributed by atoms with Gasteiger partial charge < -0.3 is 4.57 Å². The van der Waals surface area contributed by atoms with E-state index in [4.69, 9.17) is 0 Å². The minimum atomic E-state index is -3.38. The normalized spacial score (nSPS) is 16.9. The molecule has 1 saturated heterocycles. The van der Waals surface area contributed by atoms with E-state index in [0.717, 1.165) is 41.8 Å². The third-order valence-corrected chi connectivity index (χ3v) is 7.02. The van der Waals surface area contributed by atoms with Crippen molar-refractivity contribution in [3.8, 4) is 0 Å². The van der Waals surface area contributed by atoms with E-state index in [9.17, 15) is 8.42 Å². The lowest BCUT2D eigenvalue weighted by Gasteiger charge is -2.30. The number of sulfonamides is 1. The molecule has 0 aliphatic carbocycles. The highest BCUT2D eigenvalue weighted by atomic mass is 32.2. The summed E-state index contributed by atoms with van der Waals surface area (Å²) in [5, 5.41) is 1.33. The van der Waals surface area contributed by atoms with Crippen LogP contribution in [0.1, 0.15) is 24.2 Å². The van der Waals surface area contributed by atoms with Gasteiger partial charge in [-0.15, -0.1) is 0 Å². The van der Waals surface area contributed by atoms with E-state index in [1.165, 1.54) is 5.41 Å². The fourth-order valence-corrected chi connectivity index (χ4v) is 5.07. The Kier molecular flexibility index (Phi) is 5.33. The number of aryl methyl sites for hydroxylation is 1.